The summed E-state index contributed by atoms with van der Waals surface area (Å²) in [6.07, 6.45) is 8.53. The van der Waals surface area contributed by atoms with Crippen molar-refractivity contribution in [2.75, 3.05) is 26.1 Å². The number of carbonyl (C=O) groups excluding carboxylic acids is 1. The molecule has 2 aliphatic carbocycles. The number of hydrogen-bond donors (Lipinski definition) is 2. The van der Waals surface area contributed by atoms with Gasteiger partial charge in [-0.3, -0.25) is 4.79 Å². The molecule has 1 spiro atoms. The highest BCUT2D eigenvalue weighted by molar-refractivity contribution is 5.98. The Labute approximate surface area is 217 Å². The van der Waals surface area contributed by atoms with E-state index in [1.54, 1.807) is 0 Å². The van der Waals surface area contributed by atoms with Crippen LogP contribution in [0.3, 0.4) is 0 Å². The topological polar surface area (TPSA) is 90.3 Å². The Morgan fingerprint density at radius 2 is 1.76 bits per heavy atom. The van der Waals surface area contributed by atoms with Crippen molar-refractivity contribution < 1.29 is 18.7 Å². The molecular weight excluding hydrogens is 469 g/mol. The monoisotopic (exact) mass is 505 g/mol. The van der Waals surface area contributed by atoms with Gasteiger partial charge < -0.3 is 25.2 Å². The lowest BCUT2D eigenvalue weighted by Crippen LogP contribution is -2.45. The molecule has 37 heavy (non-hydrogen) atoms. The minimum Gasteiger partial charge on any atom is -0.471 e. The van der Waals surface area contributed by atoms with Gasteiger partial charge in [0.15, 0.2) is 0 Å². The zero-order valence-corrected chi connectivity index (χ0v) is 21.6. The molecule has 3 aromatic rings. The van der Waals surface area contributed by atoms with E-state index in [1.807, 2.05) is 18.2 Å². The number of carbonyl (C=O) groups is 1. The van der Waals surface area contributed by atoms with Gasteiger partial charge in [0.25, 0.3) is 6.47 Å². The first-order valence-electron chi connectivity index (χ1n) is 13.2. The second-order valence-corrected chi connectivity index (χ2v) is 11.1. The molecule has 2 heterocycles. The predicted octanol–water partition coefficient (Wildman–Crippen LogP) is 6.33. The fourth-order valence-electron chi connectivity index (χ4n) is 7.15. The second kappa shape index (κ2) is 10.3. The summed E-state index contributed by atoms with van der Waals surface area (Å²) in [5, 5.41) is 9.08. The van der Waals surface area contributed by atoms with Crippen LogP contribution in [-0.2, 0) is 14.3 Å². The third kappa shape index (κ3) is 4.65. The molecule has 2 saturated carbocycles. The summed E-state index contributed by atoms with van der Waals surface area (Å²) < 4.78 is 25.7. The molecule has 3 fully saturated rings. The van der Waals surface area contributed by atoms with Crippen LogP contribution in [0.25, 0.3) is 16.6 Å². The molecule has 0 unspecified atom stereocenters. The van der Waals surface area contributed by atoms with Crippen LogP contribution in [0.15, 0.2) is 36.4 Å². The van der Waals surface area contributed by atoms with Gasteiger partial charge in [-0.25, -0.2) is 4.39 Å². The van der Waals surface area contributed by atoms with Gasteiger partial charge in [-0.1, -0.05) is 6.92 Å². The molecule has 196 valence electrons. The molecular formula is C30H36FN3O3. The normalized spacial score (nSPS) is 25.1. The average molecular weight is 506 g/mol. The van der Waals surface area contributed by atoms with Crippen molar-refractivity contribution >= 4 is 29.3 Å². The summed E-state index contributed by atoms with van der Waals surface area (Å²) in [5.74, 6) is 1.55. The third-order valence-corrected chi connectivity index (χ3v) is 8.52. The van der Waals surface area contributed by atoms with Crippen LogP contribution in [0, 0.1) is 22.6 Å². The number of halogens is 1. The summed E-state index contributed by atoms with van der Waals surface area (Å²) in [4.78, 5) is 8.95. The number of nitrogens with zero attached hydrogens (tertiary/aromatic N) is 1. The zero-order valence-electron chi connectivity index (χ0n) is 21.6. The summed E-state index contributed by atoms with van der Waals surface area (Å²) in [5.41, 5.74) is 13.2. The number of hydrogen-bond acceptors (Lipinski definition) is 5. The Kier molecular flexibility index (Phi) is 7.08. The highest BCUT2D eigenvalue weighted by Gasteiger charge is 2.52. The number of nitrogens with one attached hydrogen (secondary N) is 1. The number of nitrogens with two attached hydrogens (primary N) is 1. The van der Waals surface area contributed by atoms with Gasteiger partial charge in [0.1, 0.15) is 5.82 Å². The SMILES string of the molecule is CC1CC2(C1)CC(c1c(C3CCOCC3)n(-c3ccc(F)cc3)c3cc(C=N)c(N)cc13)C2.COC=O. The number of fused-ring (bicyclic) bond motifs is 1. The maximum Gasteiger partial charge on any atom is 0.292 e. The number of ether oxygens (including phenoxy) is 2. The molecule has 0 amide bonds. The summed E-state index contributed by atoms with van der Waals surface area (Å²) in [6.45, 7) is 4.29. The van der Waals surface area contributed by atoms with Gasteiger partial charge >= 0.3 is 0 Å². The number of anilines is 1. The summed E-state index contributed by atoms with van der Waals surface area (Å²) in [7, 11) is 1.31. The van der Waals surface area contributed by atoms with Gasteiger partial charge in [-0.05, 0) is 97.7 Å². The van der Waals surface area contributed by atoms with Crippen molar-refractivity contribution in [2.24, 2.45) is 11.3 Å². The second-order valence-electron chi connectivity index (χ2n) is 11.1. The standard InChI is InChI=1S/C28H32FN3O.C2H4O2/c1-17-12-28(13-17)14-20(15-28)26-23-11-24(31)19(16-30)10-25(23)32(22-4-2-21(29)3-5-22)27(26)18-6-8-33-9-7-18;1-4-2-3/h2-5,10-11,16-18,20,30H,6-9,12-15,31H2,1H3;2H,1H3. The van der Waals surface area contributed by atoms with Crippen LogP contribution in [0.2, 0.25) is 0 Å². The van der Waals surface area contributed by atoms with E-state index in [0.717, 1.165) is 48.7 Å². The molecule has 1 aromatic heterocycles. The van der Waals surface area contributed by atoms with E-state index in [4.69, 9.17) is 20.7 Å². The van der Waals surface area contributed by atoms with Crippen LogP contribution in [0.1, 0.15) is 74.1 Å². The first-order valence-corrected chi connectivity index (χ1v) is 13.2. The van der Waals surface area contributed by atoms with Crippen LogP contribution < -0.4 is 5.73 Å². The molecule has 3 aliphatic rings. The van der Waals surface area contributed by atoms with Crippen LogP contribution in [-0.4, -0.2) is 37.6 Å². The van der Waals surface area contributed by atoms with Crippen molar-refractivity contribution in [3.05, 3.63) is 59.0 Å². The van der Waals surface area contributed by atoms with E-state index in [-0.39, 0.29) is 5.82 Å². The molecule has 0 radical (unpaired) electrons. The highest BCUT2D eigenvalue weighted by Crippen LogP contribution is 2.65. The minimum atomic E-state index is -0.229. The quantitative estimate of drug-likeness (QED) is 0.241. The molecule has 2 aromatic carbocycles. The lowest BCUT2D eigenvalue weighted by molar-refractivity contribution is -0.126. The molecule has 6 rings (SSSR count). The van der Waals surface area contributed by atoms with Gasteiger partial charge in [0.2, 0.25) is 0 Å². The highest BCUT2D eigenvalue weighted by atomic mass is 19.1. The predicted molar refractivity (Wildman–Crippen MR) is 144 cm³/mol. The zero-order chi connectivity index (χ0) is 26.2. The molecule has 0 atom stereocenters. The van der Waals surface area contributed by atoms with E-state index in [0.29, 0.717) is 29.4 Å². The molecule has 6 nitrogen and oxygen atoms in total. The fourth-order valence-corrected chi connectivity index (χ4v) is 7.15. The van der Waals surface area contributed by atoms with E-state index < -0.39 is 0 Å². The van der Waals surface area contributed by atoms with Gasteiger partial charge in [0.05, 0.1) is 12.6 Å². The smallest absolute Gasteiger partial charge is 0.292 e. The van der Waals surface area contributed by atoms with E-state index in [9.17, 15) is 4.39 Å². The Morgan fingerprint density at radius 1 is 1.11 bits per heavy atom. The van der Waals surface area contributed by atoms with Gasteiger partial charge in [-0.2, -0.15) is 0 Å². The number of benzene rings is 2. The number of aromatic nitrogens is 1. The van der Waals surface area contributed by atoms with Crippen molar-refractivity contribution in [1.29, 1.82) is 5.41 Å². The van der Waals surface area contributed by atoms with Crippen molar-refractivity contribution in [2.45, 2.75) is 57.3 Å². The average Bonchev–Trinajstić information content (AvgIpc) is 3.19. The largest absolute Gasteiger partial charge is 0.471 e. The minimum absolute atomic E-state index is 0.229. The Hall–Kier alpha value is -3.19. The van der Waals surface area contributed by atoms with E-state index in [2.05, 4.69) is 22.3 Å². The van der Waals surface area contributed by atoms with Gasteiger partial charge in [-0.15, -0.1) is 0 Å². The molecule has 0 bridgehead atoms. The Balaban J connectivity index is 0.000000655. The lowest BCUT2D eigenvalue weighted by Gasteiger charge is -2.57. The van der Waals surface area contributed by atoms with E-state index in [1.165, 1.54) is 67.8 Å². The number of nitrogen functional groups attached to an aromatic ring is 1. The Bertz CT molecular complexity index is 1280. The number of rotatable bonds is 5. The third-order valence-electron chi connectivity index (χ3n) is 8.52. The van der Waals surface area contributed by atoms with Crippen LogP contribution in [0.4, 0.5) is 10.1 Å². The fraction of sp³-hybridized carbons (Fsp3) is 0.467. The first kappa shape index (κ1) is 25.5. The maximum absolute atomic E-state index is 13.8. The first-order chi connectivity index (χ1) is 17.9. The van der Waals surface area contributed by atoms with Gasteiger partial charge in [0, 0.05) is 53.4 Å². The van der Waals surface area contributed by atoms with Crippen LogP contribution in [0.5, 0.6) is 0 Å². The van der Waals surface area contributed by atoms with Crippen molar-refractivity contribution in [1.82, 2.24) is 4.57 Å². The lowest BCUT2D eigenvalue weighted by atomic mass is 9.47. The van der Waals surface area contributed by atoms with Crippen LogP contribution >= 0.6 is 0 Å². The molecule has 7 heteroatoms. The van der Waals surface area contributed by atoms with Crippen molar-refractivity contribution in [3.8, 4) is 5.69 Å². The molecule has 1 saturated heterocycles. The summed E-state index contributed by atoms with van der Waals surface area (Å²) >= 11 is 0. The maximum atomic E-state index is 13.8. The molecule has 3 N–H and O–H groups in total. The number of methoxy groups -OCH3 is 1. The van der Waals surface area contributed by atoms with Crippen molar-refractivity contribution in [3.63, 3.8) is 0 Å². The molecule has 1 aliphatic heterocycles. The van der Waals surface area contributed by atoms with E-state index >= 15 is 0 Å². The summed E-state index contributed by atoms with van der Waals surface area (Å²) in [6, 6.07) is 11.0. The Morgan fingerprint density at radius 3 is 2.32 bits per heavy atom.